The fourth-order valence-electron chi connectivity index (χ4n) is 3.03. The summed E-state index contributed by atoms with van der Waals surface area (Å²) >= 11 is 0. The number of amides is 1. The van der Waals surface area contributed by atoms with Crippen molar-refractivity contribution in [1.29, 1.82) is 0 Å². The molecule has 2 aromatic carbocycles. The Balaban J connectivity index is 1.82. The van der Waals surface area contributed by atoms with Crippen LogP contribution in [0.5, 0.6) is 0 Å². The predicted octanol–water partition coefficient (Wildman–Crippen LogP) is 4.40. The number of carbonyl (C=O) groups is 1. The van der Waals surface area contributed by atoms with Crippen molar-refractivity contribution in [2.45, 2.75) is 18.9 Å². The third-order valence-electron chi connectivity index (χ3n) is 4.43. The van der Waals surface area contributed by atoms with Gasteiger partial charge in [-0.1, -0.05) is 54.6 Å². The van der Waals surface area contributed by atoms with Gasteiger partial charge in [0.1, 0.15) is 5.82 Å². The van der Waals surface area contributed by atoms with Crippen LogP contribution in [-0.2, 0) is 11.3 Å². The second-order valence-corrected chi connectivity index (χ2v) is 6.30. The number of nitrogens with zero attached hydrogens (tertiary/aromatic N) is 2. The minimum atomic E-state index is -0.318. The summed E-state index contributed by atoms with van der Waals surface area (Å²) in [5, 5.41) is 0. The Kier molecular flexibility index (Phi) is 5.74. The second-order valence-electron chi connectivity index (χ2n) is 6.30. The van der Waals surface area contributed by atoms with Gasteiger partial charge in [0.15, 0.2) is 0 Å². The van der Waals surface area contributed by atoms with E-state index in [1.807, 2.05) is 42.5 Å². The number of hydrogen-bond acceptors (Lipinski definition) is 2. The first-order valence-corrected chi connectivity index (χ1v) is 8.57. The normalized spacial score (nSPS) is 11.8. The highest BCUT2D eigenvalue weighted by Gasteiger charge is 2.22. The number of hydrogen-bond donors (Lipinski definition) is 0. The lowest BCUT2D eigenvalue weighted by Crippen LogP contribution is -2.28. The standard InChI is InChI=1S/C22H21FN2O/c1-25(16-17-8-7-13-24-15-17)22(26)14-20(18-9-3-2-4-10-18)19-11-5-6-12-21(19)23/h2-13,15,20H,14,16H2,1H3/t20-/m0/s1. The van der Waals surface area contributed by atoms with E-state index in [0.717, 1.165) is 11.1 Å². The molecule has 3 aromatic rings. The average molecular weight is 348 g/mol. The molecule has 0 bridgehead atoms. The lowest BCUT2D eigenvalue weighted by Gasteiger charge is -2.23. The van der Waals surface area contributed by atoms with Crippen LogP contribution in [-0.4, -0.2) is 22.8 Å². The summed E-state index contributed by atoms with van der Waals surface area (Å²) in [4.78, 5) is 18.5. The Morgan fingerprint density at radius 3 is 2.46 bits per heavy atom. The molecular formula is C22H21FN2O. The van der Waals surface area contributed by atoms with E-state index in [-0.39, 0.29) is 24.1 Å². The molecular weight excluding hydrogens is 327 g/mol. The SMILES string of the molecule is CN(Cc1cccnc1)C(=O)C[C@@H](c1ccccc1)c1ccccc1F. The zero-order valence-corrected chi connectivity index (χ0v) is 14.7. The van der Waals surface area contributed by atoms with Gasteiger partial charge in [0.05, 0.1) is 0 Å². The number of carbonyl (C=O) groups excluding carboxylic acids is 1. The van der Waals surface area contributed by atoms with Gasteiger partial charge >= 0.3 is 0 Å². The number of pyridine rings is 1. The molecule has 0 aliphatic carbocycles. The predicted molar refractivity (Wildman–Crippen MR) is 100 cm³/mol. The van der Waals surface area contributed by atoms with Crippen molar-refractivity contribution in [3.05, 3.63) is 102 Å². The summed E-state index contributed by atoms with van der Waals surface area (Å²) < 4.78 is 14.4. The van der Waals surface area contributed by atoms with E-state index in [1.165, 1.54) is 6.07 Å². The molecule has 0 unspecified atom stereocenters. The van der Waals surface area contributed by atoms with E-state index in [2.05, 4.69) is 4.98 Å². The van der Waals surface area contributed by atoms with Crippen LogP contribution >= 0.6 is 0 Å². The molecule has 1 heterocycles. The van der Waals surface area contributed by atoms with Gasteiger partial charge in [-0.2, -0.15) is 0 Å². The molecule has 1 aromatic heterocycles. The summed E-state index contributed by atoms with van der Waals surface area (Å²) in [5.74, 6) is -0.642. The highest BCUT2D eigenvalue weighted by Crippen LogP contribution is 2.30. The first kappa shape index (κ1) is 17.8. The van der Waals surface area contributed by atoms with Crippen LogP contribution in [0.2, 0.25) is 0 Å². The zero-order chi connectivity index (χ0) is 18.4. The number of halogens is 1. The fraction of sp³-hybridized carbons (Fsp3) is 0.182. The molecule has 4 heteroatoms. The fourth-order valence-corrected chi connectivity index (χ4v) is 3.03. The summed E-state index contributed by atoms with van der Waals surface area (Å²) in [6, 6.07) is 20.0. The van der Waals surface area contributed by atoms with Crippen molar-refractivity contribution < 1.29 is 9.18 Å². The lowest BCUT2D eigenvalue weighted by atomic mass is 9.87. The van der Waals surface area contributed by atoms with E-state index >= 15 is 0 Å². The van der Waals surface area contributed by atoms with Crippen molar-refractivity contribution in [2.24, 2.45) is 0 Å². The molecule has 0 aliphatic heterocycles. The smallest absolute Gasteiger partial charge is 0.223 e. The van der Waals surface area contributed by atoms with Crippen LogP contribution < -0.4 is 0 Å². The van der Waals surface area contributed by atoms with Gasteiger partial charge in [-0.25, -0.2) is 4.39 Å². The molecule has 132 valence electrons. The van der Waals surface area contributed by atoms with E-state index in [1.54, 1.807) is 42.5 Å². The highest BCUT2D eigenvalue weighted by molar-refractivity contribution is 5.77. The largest absolute Gasteiger partial charge is 0.341 e. The Hall–Kier alpha value is -3.01. The monoisotopic (exact) mass is 348 g/mol. The molecule has 3 nitrogen and oxygen atoms in total. The average Bonchev–Trinajstić information content (AvgIpc) is 2.68. The first-order chi connectivity index (χ1) is 12.6. The van der Waals surface area contributed by atoms with E-state index in [9.17, 15) is 9.18 Å². The molecule has 0 aliphatic rings. The molecule has 1 atom stereocenters. The second kappa shape index (κ2) is 8.39. The molecule has 0 saturated heterocycles. The van der Waals surface area contributed by atoms with Crippen molar-refractivity contribution in [2.75, 3.05) is 7.05 Å². The number of rotatable bonds is 6. The maximum absolute atomic E-state index is 14.4. The quantitative estimate of drug-likeness (QED) is 0.661. The van der Waals surface area contributed by atoms with E-state index in [4.69, 9.17) is 0 Å². The summed E-state index contributed by atoms with van der Waals surface area (Å²) in [6.45, 7) is 0.478. The molecule has 0 radical (unpaired) electrons. The summed E-state index contributed by atoms with van der Waals surface area (Å²) in [6.07, 6.45) is 3.66. The van der Waals surface area contributed by atoms with E-state index in [0.29, 0.717) is 12.1 Å². The number of aromatic nitrogens is 1. The minimum Gasteiger partial charge on any atom is -0.341 e. The zero-order valence-electron chi connectivity index (χ0n) is 14.7. The topological polar surface area (TPSA) is 33.2 Å². The van der Waals surface area contributed by atoms with Crippen molar-refractivity contribution in [1.82, 2.24) is 9.88 Å². The van der Waals surface area contributed by atoms with Crippen LogP contribution in [0.3, 0.4) is 0 Å². The van der Waals surface area contributed by atoms with Gasteiger partial charge in [-0.05, 0) is 28.8 Å². The van der Waals surface area contributed by atoms with Crippen LogP contribution in [0, 0.1) is 5.82 Å². The van der Waals surface area contributed by atoms with Crippen LogP contribution in [0.15, 0.2) is 79.1 Å². The van der Waals surface area contributed by atoms with Crippen molar-refractivity contribution >= 4 is 5.91 Å². The van der Waals surface area contributed by atoms with Crippen molar-refractivity contribution in [3.63, 3.8) is 0 Å². The Morgan fingerprint density at radius 1 is 1.04 bits per heavy atom. The first-order valence-electron chi connectivity index (χ1n) is 8.57. The number of benzene rings is 2. The third kappa shape index (κ3) is 4.33. The summed E-state index contributed by atoms with van der Waals surface area (Å²) in [7, 11) is 1.76. The minimum absolute atomic E-state index is 0.0361. The summed E-state index contributed by atoms with van der Waals surface area (Å²) in [5.41, 5.74) is 2.44. The molecule has 0 saturated carbocycles. The molecule has 0 fully saturated rings. The molecule has 3 rings (SSSR count). The Bertz CT molecular complexity index is 852. The van der Waals surface area contributed by atoms with Crippen LogP contribution in [0.4, 0.5) is 4.39 Å². The van der Waals surface area contributed by atoms with Gasteiger partial charge in [-0.3, -0.25) is 9.78 Å². The van der Waals surface area contributed by atoms with Gasteiger partial charge in [-0.15, -0.1) is 0 Å². The third-order valence-corrected chi connectivity index (χ3v) is 4.43. The van der Waals surface area contributed by atoms with Crippen LogP contribution in [0.1, 0.15) is 29.0 Å². The van der Waals surface area contributed by atoms with Gasteiger partial charge in [0.25, 0.3) is 0 Å². The Morgan fingerprint density at radius 2 is 1.77 bits per heavy atom. The maximum Gasteiger partial charge on any atom is 0.223 e. The van der Waals surface area contributed by atoms with Gasteiger partial charge in [0.2, 0.25) is 5.91 Å². The van der Waals surface area contributed by atoms with Crippen molar-refractivity contribution in [3.8, 4) is 0 Å². The van der Waals surface area contributed by atoms with Crippen LogP contribution in [0.25, 0.3) is 0 Å². The lowest BCUT2D eigenvalue weighted by molar-refractivity contribution is -0.130. The maximum atomic E-state index is 14.4. The molecule has 0 N–H and O–H groups in total. The molecule has 0 spiro atoms. The van der Waals surface area contributed by atoms with Gasteiger partial charge in [0, 0.05) is 38.3 Å². The van der Waals surface area contributed by atoms with Gasteiger partial charge < -0.3 is 4.90 Å². The Labute approximate surface area is 153 Å². The highest BCUT2D eigenvalue weighted by atomic mass is 19.1. The molecule has 26 heavy (non-hydrogen) atoms. The molecule has 1 amide bonds. The van der Waals surface area contributed by atoms with E-state index < -0.39 is 0 Å².